The molecule has 1 aromatic heterocycles. The molecule has 1 aliphatic heterocycles. The van der Waals surface area contributed by atoms with Gasteiger partial charge in [-0.05, 0) is 61.7 Å². The molecule has 4 rings (SSSR count). The number of hydrogen-bond acceptors (Lipinski definition) is 2. The predicted molar refractivity (Wildman–Crippen MR) is 108 cm³/mol. The van der Waals surface area contributed by atoms with Crippen molar-refractivity contribution in [3.63, 3.8) is 0 Å². The van der Waals surface area contributed by atoms with Crippen LogP contribution in [0.4, 0.5) is 0 Å². The minimum atomic E-state index is 0.126. The van der Waals surface area contributed by atoms with Crippen molar-refractivity contribution < 1.29 is 4.74 Å². The van der Waals surface area contributed by atoms with E-state index >= 15 is 0 Å². The molecule has 1 atom stereocenters. The molecule has 4 heteroatoms. The molecular weight excluding hydrogens is 344 g/mol. The van der Waals surface area contributed by atoms with Gasteiger partial charge in [0.1, 0.15) is 12.0 Å². The zero-order valence-corrected chi connectivity index (χ0v) is 16.0. The number of piperidine rings is 1. The first-order valence-corrected chi connectivity index (χ1v) is 9.81. The van der Waals surface area contributed by atoms with Crippen molar-refractivity contribution in [3.8, 4) is 5.75 Å². The molecule has 0 radical (unpaired) electrons. The molecular formula is C22H25ClN2O. The van der Waals surface area contributed by atoms with E-state index in [4.69, 9.17) is 16.3 Å². The smallest absolute Gasteiger partial charge is 0.149 e. The zero-order valence-electron chi connectivity index (χ0n) is 15.2. The minimum Gasteiger partial charge on any atom is -0.475 e. The highest BCUT2D eigenvalue weighted by Crippen LogP contribution is 2.25. The summed E-state index contributed by atoms with van der Waals surface area (Å²) in [7, 11) is 0. The summed E-state index contributed by atoms with van der Waals surface area (Å²) in [6.07, 6.45) is 6.15. The van der Waals surface area contributed by atoms with Crippen LogP contribution >= 0.6 is 11.6 Å². The van der Waals surface area contributed by atoms with Gasteiger partial charge in [0.25, 0.3) is 0 Å². The fourth-order valence-electron chi connectivity index (χ4n) is 3.77. The van der Waals surface area contributed by atoms with E-state index in [1.165, 1.54) is 35.7 Å². The lowest BCUT2D eigenvalue weighted by molar-refractivity contribution is 0.0263. The minimum absolute atomic E-state index is 0.126. The first-order valence-electron chi connectivity index (χ1n) is 9.43. The zero-order chi connectivity index (χ0) is 17.9. The fourth-order valence-corrected chi connectivity index (χ4v) is 3.99. The van der Waals surface area contributed by atoms with Crippen LogP contribution in [0.3, 0.4) is 0 Å². The van der Waals surface area contributed by atoms with Crippen LogP contribution in [0.1, 0.15) is 31.7 Å². The highest BCUT2D eigenvalue weighted by molar-refractivity contribution is 6.30. The van der Waals surface area contributed by atoms with Gasteiger partial charge in [-0.3, -0.25) is 4.90 Å². The van der Waals surface area contributed by atoms with Crippen LogP contribution in [0.5, 0.6) is 5.75 Å². The molecule has 2 heterocycles. The van der Waals surface area contributed by atoms with E-state index in [0.29, 0.717) is 0 Å². The van der Waals surface area contributed by atoms with E-state index in [0.717, 1.165) is 30.4 Å². The van der Waals surface area contributed by atoms with Crippen molar-refractivity contribution in [3.05, 3.63) is 65.3 Å². The van der Waals surface area contributed by atoms with Crippen molar-refractivity contribution >= 4 is 22.5 Å². The second kappa shape index (κ2) is 7.73. The standard InChI is InChI=1S/C22H25ClN2O/c1-17(24-11-3-2-4-12-24)26-21-8-9-22-19(15-21)10-13-25(22)16-18-6-5-7-20(23)14-18/h5-10,13-15,17H,2-4,11-12,16H2,1H3. The lowest BCUT2D eigenvalue weighted by Crippen LogP contribution is -2.40. The van der Waals surface area contributed by atoms with Gasteiger partial charge >= 0.3 is 0 Å². The number of hydrogen-bond donors (Lipinski definition) is 0. The molecule has 0 amide bonds. The highest BCUT2D eigenvalue weighted by Gasteiger charge is 2.18. The number of fused-ring (bicyclic) bond motifs is 1. The Balaban J connectivity index is 1.49. The second-order valence-electron chi connectivity index (χ2n) is 7.11. The van der Waals surface area contributed by atoms with Gasteiger partial charge in [0.05, 0.1) is 0 Å². The van der Waals surface area contributed by atoms with Gasteiger partial charge in [-0.1, -0.05) is 30.2 Å². The number of nitrogens with zero attached hydrogens (tertiary/aromatic N) is 2. The molecule has 26 heavy (non-hydrogen) atoms. The maximum atomic E-state index is 6.20. The average molecular weight is 369 g/mol. The molecule has 1 unspecified atom stereocenters. The van der Waals surface area contributed by atoms with E-state index in [1.54, 1.807) is 0 Å². The van der Waals surface area contributed by atoms with Crippen LogP contribution in [-0.2, 0) is 6.54 Å². The third-order valence-electron chi connectivity index (χ3n) is 5.20. The van der Waals surface area contributed by atoms with Crippen molar-refractivity contribution in [1.29, 1.82) is 0 Å². The van der Waals surface area contributed by atoms with Gasteiger partial charge in [0.2, 0.25) is 0 Å². The Kier molecular flexibility index (Phi) is 5.18. The van der Waals surface area contributed by atoms with Gasteiger partial charge in [-0.2, -0.15) is 0 Å². The summed E-state index contributed by atoms with van der Waals surface area (Å²) in [6, 6.07) is 16.6. The van der Waals surface area contributed by atoms with Gasteiger partial charge < -0.3 is 9.30 Å². The third kappa shape index (κ3) is 3.89. The van der Waals surface area contributed by atoms with Gasteiger partial charge in [-0.15, -0.1) is 0 Å². The Bertz CT molecular complexity index is 883. The number of likely N-dealkylation sites (tertiary alicyclic amines) is 1. The predicted octanol–water partition coefficient (Wildman–Crippen LogP) is 5.55. The van der Waals surface area contributed by atoms with Gasteiger partial charge in [0.15, 0.2) is 0 Å². The van der Waals surface area contributed by atoms with Crippen molar-refractivity contribution in [2.24, 2.45) is 0 Å². The van der Waals surface area contributed by atoms with E-state index in [2.05, 4.69) is 52.9 Å². The van der Waals surface area contributed by atoms with Gasteiger partial charge in [0, 0.05) is 41.8 Å². The largest absolute Gasteiger partial charge is 0.475 e. The molecule has 0 aliphatic carbocycles. The number of ether oxygens (including phenoxy) is 1. The van der Waals surface area contributed by atoms with E-state index in [9.17, 15) is 0 Å². The number of aromatic nitrogens is 1. The monoisotopic (exact) mass is 368 g/mol. The molecule has 0 spiro atoms. The number of rotatable bonds is 5. The Morgan fingerprint density at radius 3 is 2.69 bits per heavy atom. The topological polar surface area (TPSA) is 17.4 Å². The summed E-state index contributed by atoms with van der Waals surface area (Å²) in [5.41, 5.74) is 2.41. The van der Waals surface area contributed by atoms with Crippen LogP contribution in [0.2, 0.25) is 5.02 Å². The van der Waals surface area contributed by atoms with Crippen molar-refractivity contribution in [1.82, 2.24) is 9.47 Å². The molecule has 2 aromatic carbocycles. The van der Waals surface area contributed by atoms with Crippen LogP contribution in [0.25, 0.3) is 10.9 Å². The average Bonchev–Trinajstić information content (AvgIpc) is 3.04. The Morgan fingerprint density at radius 1 is 1.04 bits per heavy atom. The second-order valence-corrected chi connectivity index (χ2v) is 7.54. The summed E-state index contributed by atoms with van der Waals surface area (Å²) < 4.78 is 8.45. The summed E-state index contributed by atoms with van der Waals surface area (Å²) in [4.78, 5) is 2.43. The molecule has 0 N–H and O–H groups in total. The summed E-state index contributed by atoms with van der Waals surface area (Å²) in [5.74, 6) is 0.941. The molecule has 1 aliphatic rings. The maximum absolute atomic E-state index is 6.20. The van der Waals surface area contributed by atoms with E-state index in [1.807, 2.05) is 18.2 Å². The normalized spacial score (nSPS) is 16.7. The van der Waals surface area contributed by atoms with Crippen molar-refractivity contribution in [2.75, 3.05) is 13.1 Å². The van der Waals surface area contributed by atoms with Gasteiger partial charge in [-0.25, -0.2) is 0 Å². The lowest BCUT2D eigenvalue weighted by Gasteiger charge is -2.32. The number of halogens is 1. The highest BCUT2D eigenvalue weighted by atomic mass is 35.5. The lowest BCUT2D eigenvalue weighted by atomic mass is 10.1. The molecule has 0 bridgehead atoms. The SMILES string of the molecule is CC(Oc1ccc2c(ccn2Cc2cccc(Cl)c2)c1)N1CCCCC1. The molecule has 1 saturated heterocycles. The summed E-state index contributed by atoms with van der Waals surface area (Å²) in [5, 5.41) is 1.98. The third-order valence-corrected chi connectivity index (χ3v) is 5.43. The molecule has 1 fully saturated rings. The Labute approximate surface area is 160 Å². The molecule has 0 saturated carbocycles. The van der Waals surface area contributed by atoms with Crippen LogP contribution in [0, 0.1) is 0 Å². The van der Waals surface area contributed by atoms with E-state index < -0.39 is 0 Å². The molecule has 136 valence electrons. The fraction of sp³-hybridized carbons (Fsp3) is 0.364. The maximum Gasteiger partial charge on any atom is 0.149 e. The summed E-state index contributed by atoms with van der Waals surface area (Å²) >= 11 is 6.11. The van der Waals surface area contributed by atoms with Crippen LogP contribution in [0.15, 0.2) is 54.7 Å². The first kappa shape index (κ1) is 17.4. The Hall–Kier alpha value is -1.97. The molecule has 3 nitrogen and oxygen atoms in total. The summed E-state index contributed by atoms with van der Waals surface area (Å²) in [6.45, 7) is 5.24. The van der Waals surface area contributed by atoms with Crippen LogP contribution < -0.4 is 4.74 Å². The Morgan fingerprint density at radius 2 is 1.88 bits per heavy atom. The van der Waals surface area contributed by atoms with E-state index in [-0.39, 0.29) is 6.23 Å². The van der Waals surface area contributed by atoms with Crippen LogP contribution in [-0.4, -0.2) is 28.8 Å². The van der Waals surface area contributed by atoms with Crippen molar-refractivity contribution in [2.45, 2.75) is 39.0 Å². The first-order chi connectivity index (χ1) is 12.7. The quantitative estimate of drug-likeness (QED) is 0.587. The molecule has 3 aromatic rings. The number of benzene rings is 2.